The van der Waals surface area contributed by atoms with Crippen molar-refractivity contribution in [1.29, 1.82) is 0 Å². The highest BCUT2D eigenvalue weighted by Crippen LogP contribution is 2.39. The van der Waals surface area contributed by atoms with Crippen LogP contribution < -0.4 is 26.7 Å². The fourth-order valence-electron chi connectivity index (χ4n) is 5.92. The first kappa shape index (κ1) is 34.9. The number of carbonyl (C=O) groups excluding carboxylic acids is 5. The zero-order valence-electron chi connectivity index (χ0n) is 27.6. The summed E-state index contributed by atoms with van der Waals surface area (Å²) in [4.78, 5) is 74.9. The van der Waals surface area contributed by atoms with Gasteiger partial charge in [-0.2, -0.15) is 0 Å². The number of anilines is 1. The smallest absolute Gasteiger partial charge is 0.319 e. The molecule has 2 aromatic carbocycles. The van der Waals surface area contributed by atoms with Crippen molar-refractivity contribution in [2.75, 3.05) is 11.9 Å². The fourth-order valence-corrected chi connectivity index (χ4v) is 6.11. The van der Waals surface area contributed by atoms with Gasteiger partial charge in [-0.15, -0.1) is 0 Å². The molecule has 5 rings (SSSR count). The number of nitrogens with zero attached hydrogens (tertiary/aromatic N) is 1. The summed E-state index contributed by atoms with van der Waals surface area (Å²) < 4.78 is 0. The first-order valence-corrected chi connectivity index (χ1v) is 16.7. The van der Waals surface area contributed by atoms with E-state index < -0.39 is 58.7 Å². The lowest BCUT2D eigenvalue weighted by atomic mass is 9.85. The summed E-state index contributed by atoms with van der Waals surface area (Å²) in [5.74, 6) is -2.55. The largest absolute Gasteiger partial charge is 0.347 e. The number of ketones is 1. The number of para-hydroxylation sites is 1. The Morgan fingerprint density at radius 2 is 1.77 bits per heavy atom. The molecule has 2 fully saturated rings. The van der Waals surface area contributed by atoms with Crippen molar-refractivity contribution < 1.29 is 28.8 Å². The van der Waals surface area contributed by atoms with E-state index in [2.05, 4.69) is 26.7 Å². The third-order valence-electron chi connectivity index (χ3n) is 8.61. The van der Waals surface area contributed by atoms with Gasteiger partial charge in [-0.3, -0.25) is 29.5 Å². The summed E-state index contributed by atoms with van der Waals surface area (Å²) in [5, 5.41) is 11.6. The minimum atomic E-state index is -1.11. The highest BCUT2D eigenvalue weighted by Gasteiger charge is 2.54. The molecule has 3 aliphatic rings. The second kappa shape index (κ2) is 14.4. The Bertz CT molecular complexity index is 1590. The molecule has 0 bridgehead atoms. The van der Waals surface area contributed by atoms with Crippen LogP contribution in [0.4, 0.5) is 10.5 Å². The number of rotatable bonds is 11. The summed E-state index contributed by atoms with van der Waals surface area (Å²) >= 11 is 6.23. The lowest BCUT2D eigenvalue weighted by Gasteiger charge is -2.35. The number of hydroxylamine groups is 1. The highest BCUT2D eigenvalue weighted by atomic mass is 35.5. The molecule has 2 aliphatic heterocycles. The molecule has 12 nitrogen and oxygen atoms in total. The molecule has 256 valence electrons. The van der Waals surface area contributed by atoms with Crippen molar-refractivity contribution in [2.45, 2.75) is 89.6 Å². The van der Waals surface area contributed by atoms with Gasteiger partial charge in [0.1, 0.15) is 17.7 Å². The molecule has 0 radical (unpaired) electrons. The molecule has 0 unspecified atom stereocenters. The van der Waals surface area contributed by atoms with Gasteiger partial charge in [-0.05, 0) is 55.0 Å². The number of benzene rings is 2. The topological polar surface area (TPSA) is 158 Å². The Morgan fingerprint density at radius 3 is 2.42 bits per heavy atom. The SMILES string of the molecule is CCC[C@H](NC(=O)[C@@H]1C[C@]2(C=C(c3cccc(Cl)c3)NO2)CN1C(=O)[C@@H](NC(=O)Nc1ccccc1)C(C)(C)C)C(=O)C(=O)NC1CC1. The maximum absolute atomic E-state index is 14.5. The summed E-state index contributed by atoms with van der Waals surface area (Å²) in [7, 11) is 0. The molecular formula is C35H43ClN6O6. The average molecular weight is 679 g/mol. The number of hydrogen-bond acceptors (Lipinski definition) is 7. The average Bonchev–Trinajstić information content (AvgIpc) is 3.63. The van der Waals surface area contributed by atoms with Gasteiger partial charge in [0.15, 0.2) is 0 Å². The second-order valence-corrected chi connectivity index (χ2v) is 14.2. The van der Waals surface area contributed by atoms with Crippen molar-refractivity contribution in [3.63, 3.8) is 0 Å². The van der Waals surface area contributed by atoms with Crippen LogP contribution in [0.15, 0.2) is 60.7 Å². The van der Waals surface area contributed by atoms with Crippen LogP contribution in [0.1, 0.15) is 65.4 Å². The lowest BCUT2D eigenvalue weighted by molar-refractivity contribution is -0.144. The number of Topliss-reactive ketones (excluding diaryl/α,β-unsaturated/α-hetero) is 1. The van der Waals surface area contributed by atoms with Crippen LogP contribution in [0.3, 0.4) is 0 Å². The molecule has 5 N–H and O–H groups in total. The van der Waals surface area contributed by atoms with Crippen molar-refractivity contribution in [1.82, 2.24) is 26.3 Å². The first-order valence-electron chi connectivity index (χ1n) is 16.3. The Morgan fingerprint density at radius 1 is 1.04 bits per heavy atom. The molecule has 0 aromatic heterocycles. The van der Waals surface area contributed by atoms with Crippen molar-refractivity contribution in [2.24, 2.45) is 5.41 Å². The van der Waals surface area contributed by atoms with Crippen LogP contribution >= 0.6 is 11.6 Å². The quantitative estimate of drug-likeness (QED) is 0.225. The molecule has 1 aliphatic carbocycles. The Hall–Kier alpha value is -4.42. The number of amides is 5. The molecule has 48 heavy (non-hydrogen) atoms. The van der Waals surface area contributed by atoms with Crippen LogP contribution in [0, 0.1) is 5.41 Å². The van der Waals surface area contributed by atoms with Crippen LogP contribution in [0.25, 0.3) is 5.70 Å². The maximum atomic E-state index is 14.5. The predicted molar refractivity (Wildman–Crippen MR) is 181 cm³/mol. The van der Waals surface area contributed by atoms with Gasteiger partial charge in [0.2, 0.25) is 17.6 Å². The standard InChI is InChI=1S/C35H43ClN6O6/c1-5-10-25(28(43)31(45)37-24-15-16-24)39-30(44)27-19-35(18-26(41-48-35)21-11-9-12-22(36)17-21)20-42(27)32(46)29(34(2,3)4)40-33(47)38-23-13-7-6-8-14-23/h6-9,11-14,17-18,24-25,27,29,41H,5,10,15-16,19-20H2,1-4H3,(H,37,45)(H,39,44)(H2,38,40,47)/t25-,27-,29+,35+/m0/s1. The minimum Gasteiger partial charge on any atom is -0.347 e. The number of carbonyl (C=O) groups is 5. The Balaban J connectivity index is 1.42. The van der Waals surface area contributed by atoms with Gasteiger partial charge in [-0.25, -0.2) is 4.79 Å². The summed E-state index contributed by atoms with van der Waals surface area (Å²) in [6.45, 7) is 7.28. The summed E-state index contributed by atoms with van der Waals surface area (Å²) in [6, 6.07) is 12.2. The van der Waals surface area contributed by atoms with Crippen LogP contribution in [0.5, 0.6) is 0 Å². The molecule has 2 aromatic rings. The van der Waals surface area contributed by atoms with Gasteiger partial charge in [-0.1, -0.05) is 76.0 Å². The van der Waals surface area contributed by atoms with E-state index in [4.69, 9.17) is 16.4 Å². The van der Waals surface area contributed by atoms with Gasteiger partial charge in [0.05, 0.1) is 18.3 Å². The van der Waals surface area contributed by atoms with Crippen LogP contribution in [-0.4, -0.2) is 70.7 Å². The van der Waals surface area contributed by atoms with Crippen LogP contribution in [0.2, 0.25) is 5.02 Å². The molecular weight excluding hydrogens is 636 g/mol. The fraction of sp³-hybridized carbons (Fsp3) is 0.457. The van der Waals surface area contributed by atoms with Crippen molar-refractivity contribution in [3.05, 3.63) is 71.3 Å². The third-order valence-corrected chi connectivity index (χ3v) is 8.85. The van der Waals surface area contributed by atoms with Gasteiger partial charge >= 0.3 is 6.03 Å². The molecule has 13 heteroatoms. The van der Waals surface area contributed by atoms with E-state index in [0.717, 1.165) is 18.4 Å². The van der Waals surface area contributed by atoms with E-state index in [0.29, 0.717) is 22.8 Å². The van der Waals surface area contributed by atoms with Gasteiger partial charge in [0, 0.05) is 28.7 Å². The maximum Gasteiger partial charge on any atom is 0.319 e. The monoisotopic (exact) mass is 678 g/mol. The van der Waals surface area contributed by atoms with E-state index in [1.807, 2.05) is 45.9 Å². The number of halogens is 1. The molecule has 1 saturated heterocycles. The number of likely N-dealkylation sites (tertiary alicyclic amines) is 1. The number of urea groups is 1. The summed E-state index contributed by atoms with van der Waals surface area (Å²) in [6.07, 6.45) is 4.29. The van der Waals surface area contributed by atoms with Gasteiger partial charge in [0.25, 0.3) is 5.91 Å². The minimum absolute atomic E-state index is 0.0179. The molecule has 1 saturated carbocycles. The zero-order chi connectivity index (χ0) is 34.6. The van der Waals surface area contributed by atoms with Crippen LogP contribution in [-0.2, 0) is 24.0 Å². The molecule has 2 heterocycles. The van der Waals surface area contributed by atoms with E-state index in [9.17, 15) is 24.0 Å². The second-order valence-electron chi connectivity index (χ2n) is 13.7. The van der Waals surface area contributed by atoms with E-state index in [1.165, 1.54) is 4.90 Å². The zero-order valence-corrected chi connectivity index (χ0v) is 28.4. The number of nitrogens with one attached hydrogen (secondary N) is 5. The first-order chi connectivity index (χ1) is 22.8. The predicted octanol–water partition coefficient (Wildman–Crippen LogP) is 3.92. The summed E-state index contributed by atoms with van der Waals surface area (Å²) in [5.41, 5.74) is 2.98. The normalized spacial score (nSPS) is 21.5. The highest BCUT2D eigenvalue weighted by molar-refractivity contribution is 6.38. The molecule has 5 amide bonds. The van der Waals surface area contributed by atoms with E-state index >= 15 is 0 Å². The number of hydrogen-bond donors (Lipinski definition) is 5. The molecule has 1 spiro atoms. The van der Waals surface area contributed by atoms with Gasteiger partial charge < -0.3 is 26.2 Å². The Kier molecular flexibility index (Phi) is 10.4. The third kappa shape index (κ3) is 8.35. The van der Waals surface area contributed by atoms with Crippen molar-refractivity contribution >= 4 is 52.5 Å². The van der Waals surface area contributed by atoms with Crippen molar-refractivity contribution in [3.8, 4) is 0 Å². The Labute approximate surface area is 285 Å². The molecule has 4 atom stereocenters. The van der Waals surface area contributed by atoms with E-state index in [-0.39, 0.29) is 25.4 Å². The lowest BCUT2D eigenvalue weighted by Crippen LogP contribution is -2.59. The van der Waals surface area contributed by atoms with E-state index in [1.54, 1.807) is 42.5 Å².